The molecule has 4 rings (SSSR count). The Labute approximate surface area is 186 Å². The summed E-state index contributed by atoms with van der Waals surface area (Å²) < 4.78 is 17.1. The Morgan fingerprint density at radius 1 is 0.969 bits per heavy atom. The molecule has 0 aliphatic rings. The van der Waals surface area contributed by atoms with E-state index in [1.165, 1.54) is 0 Å². The lowest BCUT2D eigenvalue weighted by Gasteiger charge is -2.11. The highest BCUT2D eigenvalue weighted by Gasteiger charge is 2.18. The van der Waals surface area contributed by atoms with Crippen molar-refractivity contribution in [3.8, 4) is 40.0 Å². The van der Waals surface area contributed by atoms with Crippen LogP contribution in [0, 0.1) is 6.92 Å². The van der Waals surface area contributed by atoms with Crippen molar-refractivity contribution in [1.82, 2.24) is 10.2 Å². The smallest absolute Gasteiger partial charge is 0.176 e. The van der Waals surface area contributed by atoms with Gasteiger partial charge in [-0.15, -0.1) is 0 Å². The number of methoxy groups -OCH3 is 1. The van der Waals surface area contributed by atoms with E-state index >= 15 is 0 Å². The van der Waals surface area contributed by atoms with Gasteiger partial charge in [0.2, 0.25) is 0 Å². The minimum absolute atomic E-state index is 0.0515. The highest BCUT2D eigenvalue weighted by Crippen LogP contribution is 2.40. The Bertz CT molecular complexity index is 1210. The van der Waals surface area contributed by atoms with Crippen LogP contribution in [0.3, 0.4) is 0 Å². The molecule has 0 spiro atoms. The summed E-state index contributed by atoms with van der Waals surface area (Å²) in [6.45, 7) is 6.01. The molecule has 6 nitrogen and oxygen atoms in total. The third-order valence-corrected chi connectivity index (χ3v) is 5.02. The van der Waals surface area contributed by atoms with Crippen LogP contribution >= 0.6 is 0 Å². The minimum atomic E-state index is 0.0515. The van der Waals surface area contributed by atoms with Crippen LogP contribution in [0.1, 0.15) is 16.8 Å². The fourth-order valence-electron chi connectivity index (χ4n) is 3.21. The Kier molecular flexibility index (Phi) is 6.12. The monoisotopic (exact) mass is 428 g/mol. The van der Waals surface area contributed by atoms with E-state index in [1.807, 2.05) is 55.5 Å². The Morgan fingerprint density at radius 3 is 2.31 bits per heavy atom. The molecule has 2 N–H and O–H groups in total. The average Bonchev–Trinajstić information content (AvgIpc) is 3.18. The minimum Gasteiger partial charge on any atom is -0.507 e. The van der Waals surface area contributed by atoms with Crippen molar-refractivity contribution in [3.05, 3.63) is 90.1 Å². The molecule has 0 fully saturated rings. The maximum atomic E-state index is 10.7. The van der Waals surface area contributed by atoms with Gasteiger partial charge in [0.25, 0.3) is 0 Å². The van der Waals surface area contributed by atoms with Crippen LogP contribution in [-0.2, 0) is 6.61 Å². The maximum absolute atomic E-state index is 10.7. The molecule has 0 radical (unpaired) electrons. The van der Waals surface area contributed by atoms with Crippen LogP contribution in [0.25, 0.3) is 17.3 Å². The molecule has 0 bridgehead atoms. The normalized spacial score (nSPS) is 10.6. The van der Waals surface area contributed by atoms with Crippen LogP contribution in [0.5, 0.6) is 28.7 Å². The zero-order valence-corrected chi connectivity index (χ0v) is 18.0. The number of ether oxygens (including phenoxy) is 3. The van der Waals surface area contributed by atoms with E-state index in [-0.39, 0.29) is 5.75 Å². The van der Waals surface area contributed by atoms with Crippen LogP contribution in [0.15, 0.2) is 73.3 Å². The fourth-order valence-corrected chi connectivity index (χ4v) is 3.21. The summed E-state index contributed by atoms with van der Waals surface area (Å²) in [5.74, 6) is 2.53. The Morgan fingerprint density at radius 2 is 1.66 bits per heavy atom. The lowest BCUT2D eigenvalue weighted by atomic mass is 10.1. The van der Waals surface area contributed by atoms with E-state index in [0.29, 0.717) is 35.1 Å². The molecule has 0 saturated carbocycles. The van der Waals surface area contributed by atoms with Crippen molar-refractivity contribution in [2.45, 2.75) is 13.5 Å². The number of benzene rings is 3. The van der Waals surface area contributed by atoms with Gasteiger partial charge in [0, 0.05) is 11.6 Å². The third-order valence-electron chi connectivity index (χ3n) is 5.02. The number of hydrogen-bond acceptors (Lipinski definition) is 5. The first-order chi connectivity index (χ1) is 15.6. The van der Waals surface area contributed by atoms with Gasteiger partial charge < -0.3 is 19.3 Å². The molecule has 3 aromatic carbocycles. The van der Waals surface area contributed by atoms with Gasteiger partial charge in [0.1, 0.15) is 35.3 Å². The molecule has 4 aromatic rings. The molecular formula is C26H24N2O4. The molecule has 0 unspecified atom stereocenters. The second-order valence-corrected chi connectivity index (χ2v) is 7.22. The molecule has 0 amide bonds. The summed E-state index contributed by atoms with van der Waals surface area (Å²) in [5.41, 5.74) is 3.89. The molecule has 32 heavy (non-hydrogen) atoms. The summed E-state index contributed by atoms with van der Waals surface area (Å²) >= 11 is 0. The van der Waals surface area contributed by atoms with Gasteiger partial charge in [-0.05, 0) is 54.4 Å². The highest BCUT2D eigenvalue weighted by atomic mass is 16.5. The van der Waals surface area contributed by atoms with Gasteiger partial charge in [0.05, 0.1) is 12.8 Å². The van der Waals surface area contributed by atoms with Crippen molar-refractivity contribution in [1.29, 1.82) is 0 Å². The fraction of sp³-hybridized carbons (Fsp3) is 0.115. The van der Waals surface area contributed by atoms with Crippen molar-refractivity contribution >= 4 is 6.08 Å². The summed E-state index contributed by atoms with van der Waals surface area (Å²) in [7, 11) is 1.61. The molecule has 0 saturated heterocycles. The quantitative estimate of drug-likeness (QED) is 0.354. The summed E-state index contributed by atoms with van der Waals surface area (Å²) in [4.78, 5) is 0. The van der Waals surface area contributed by atoms with E-state index in [1.54, 1.807) is 31.4 Å². The van der Waals surface area contributed by atoms with Gasteiger partial charge in [-0.2, -0.15) is 5.10 Å². The number of aryl methyl sites for hydroxylation is 1. The van der Waals surface area contributed by atoms with Crippen molar-refractivity contribution in [3.63, 3.8) is 0 Å². The molecule has 6 heteroatoms. The first-order valence-corrected chi connectivity index (χ1v) is 10.1. The molecular weight excluding hydrogens is 404 g/mol. The predicted molar refractivity (Wildman–Crippen MR) is 124 cm³/mol. The number of phenolic OH excluding ortho intramolecular Hbond substituents is 1. The lowest BCUT2D eigenvalue weighted by Crippen LogP contribution is -1.95. The van der Waals surface area contributed by atoms with Gasteiger partial charge >= 0.3 is 0 Å². The van der Waals surface area contributed by atoms with E-state index in [4.69, 9.17) is 14.2 Å². The standard InChI is InChI=1S/C26H24N2O4/c1-4-18-5-7-19(8-6-18)16-31-22-13-14-23(24(29)15-22)25-26(17(2)27-28-25)32-21-11-9-20(30-3)10-12-21/h4-15,29H,1,16H2,2-3H3,(H,27,28). The van der Waals surface area contributed by atoms with Crippen LogP contribution in [0.2, 0.25) is 0 Å². The Hall–Kier alpha value is -4.19. The highest BCUT2D eigenvalue weighted by molar-refractivity contribution is 5.74. The van der Waals surface area contributed by atoms with Gasteiger partial charge in [-0.1, -0.05) is 36.9 Å². The number of aromatic hydroxyl groups is 1. The zero-order chi connectivity index (χ0) is 22.5. The number of nitrogens with one attached hydrogen (secondary N) is 1. The van der Waals surface area contributed by atoms with Gasteiger partial charge in [0.15, 0.2) is 5.75 Å². The molecule has 1 heterocycles. The van der Waals surface area contributed by atoms with Gasteiger partial charge in [-0.3, -0.25) is 5.10 Å². The lowest BCUT2D eigenvalue weighted by molar-refractivity contribution is 0.304. The molecule has 0 aliphatic carbocycles. The molecule has 1 aromatic heterocycles. The number of rotatable bonds is 8. The molecule has 0 aliphatic heterocycles. The SMILES string of the molecule is C=Cc1ccc(COc2ccc(-c3n[nH]c(C)c3Oc3ccc(OC)cc3)c(O)c2)cc1. The first-order valence-electron chi connectivity index (χ1n) is 10.1. The summed E-state index contributed by atoms with van der Waals surface area (Å²) in [6, 6.07) is 20.3. The summed E-state index contributed by atoms with van der Waals surface area (Å²) in [5, 5.41) is 17.9. The van der Waals surface area contributed by atoms with E-state index in [9.17, 15) is 5.11 Å². The largest absolute Gasteiger partial charge is 0.507 e. The topological polar surface area (TPSA) is 76.6 Å². The first kappa shape index (κ1) is 21.1. The van der Waals surface area contributed by atoms with Gasteiger partial charge in [-0.25, -0.2) is 0 Å². The third kappa shape index (κ3) is 4.59. The predicted octanol–water partition coefficient (Wildman–Crippen LogP) is 6.11. The number of aromatic amines is 1. The van der Waals surface area contributed by atoms with E-state index < -0.39 is 0 Å². The second kappa shape index (κ2) is 9.31. The molecule has 0 atom stereocenters. The van der Waals surface area contributed by atoms with Crippen LogP contribution in [-0.4, -0.2) is 22.4 Å². The van der Waals surface area contributed by atoms with Crippen LogP contribution in [0.4, 0.5) is 0 Å². The van der Waals surface area contributed by atoms with Crippen molar-refractivity contribution in [2.75, 3.05) is 7.11 Å². The number of nitrogens with zero attached hydrogens (tertiary/aromatic N) is 1. The second-order valence-electron chi connectivity index (χ2n) is 7.22. The van der Waals surface area contributed by atoms with Crippen molar-refractivity contribution in [2.24, 2.45) is 0 Å². The number of aromatic nitrogens is 2. The number of H-pyrrole nitrogens is 1. The average molecular weight is 428 g/mol. The molecule has 162 valence electrons. The maximum Gasteiger partial charge on any atom is 0.176 e. The summed E-state index contributed by atoms with van der Waals surface area (Å²) in [6.07, 6.45) is 1.80. The van der Waals surface area contributed by atoms with E-state index in [2.05, 4.69) is 16.8 Å². The Balaban J connectivity index is 1.51. The van der Waals surface area contributed by atoms with E-state index in [0.717, 1.165) is 22.6 Å². The number of phenols is 1. The van der Waals surface area contributed by atoms with Crippen LogP contribution < -0.4 is 14.2 Å². The number of hydrogen-bond donors (Lipinski definition) is 2. The zero-order valence-electron chi connectivity index (χ0n) is 18.0. The van der Waals surface area contributed by atoms with Crippen molar-refractivity contribution < 1.29 is 19.3 Å².